The zero-order chi connectivity index (χ0) is 19.0. The Labute approximate surface area is 161 Å². The molecule has 2 aromatic carbocycles. The fraction of sp³-hybridized carbons (Fsp3) is 0.190. The van der Waals surface area contributed by atoms with Gasteiger partial charge in [-0.1, -0.05) is 12.1 Å². The number of methoxy groups -OCH3 is 1. The lowest BCUT2D eigenvalue weighted by Crippen LogP contribution is -2.29. The van der Waals surface area contributed by atoms with Crippen molar-refractivity contribution >= 4 is 28.9 Å². The van der Waals surface area contributed by atoms with Gasteiger partial charge in [0.05, 0.1) is 23.4 Å². The average Bonchev–Trinajstić information content (AvgIpc) is 3.32. The predicted molar refractivity (Wildman–Crippen MR) is 105 cm³/mol. The number of carbonyl (C=O) groups excluding carboxylic acids is 2. The molecule has 1 aliphatic rings. The molecule has 0 spiro atoms. The average molecular weight is 378 g/mol. The fourth-order valence-electron chi connectivity index (χ4n) is 3.32. The molecule has 0 N–H and O–H groups in total. The van der Waals surface area contributed by atoms with Crippen LogP contribution in [0.2, 0.25) is 0 Å². The van der Waals surface area contributed by atoms with Crippen LogP contribution in [-0.4, -0.2) is 30.5 Å². The minimum absolute atomic E-state index is 0.114. The van der Waals surface area contributed by atoms with Crippen LogP contribution >= 0.6 is 11.3 Å². The summed E-state index contributed by atoms with van der Waals surface area (Å²) in [5.41, 5.74) is 4.94. The van der Waals surface area contributed by atoms with Crippen LogP contribution in [0.1, 0.15) is 31.3 Å². The standard InChI is InChI=1S/C21H18N2O3S/c1-13-22-18(12-27-13)14-6-7-19-15(10-14)8-9-23(19)20(24)16-4-3-5-17(11-16)21(25)26-2/h3-7,10-12H,8-9H2,1-2H3. The summed E-state index contributed by atoms with van der Waals surface area (Å²) in [7, 11) is 1.33. The number of benzene rings is 2. The first-order valence-corrected chi connectivity index (χ1v) is 9.50. The maximum Gasteiger partial charge on any atom is 0.337 e. The van der Waals surface area contributed by atoms with E-state index in [4.69, 9.17) is 4.74 Å². The number of amides is 1. The number of aromatic nitrogens is 1. The Morgan fingerprint density at radius 2 is 1.96 bits per heavy atom. The Kier molecular flexibility index (Phi) is 4.49. The highest BCUT2D eigenvalue weighted by atomic mass is 32.1. The molecule has 0 radical (unpaired) electrons. The number of anilines is 1. The zero-order valence-corrected chi connectivity index (χ0v) is 15.9. The van der Waals surface area contributed by atoms with Crippen molar-refractivity contribution in [3.05, 3.63) is 69.5 Å². The highest BCUT2D eigenvalue weighted by Gasteiger charge is 2.26. The molecule has 0 fully saturated rings. The van der Waals surface area contributed by atoms with Crippen molar-refractivity contribution in [1.29, 1.82) is 0 Å². The molecule has 1 aromatic heterocycles. The van der Waals surface area contributed by atoms with E-state index >= 15 is 0 Å². The molecule has 0 aliphatic carbocycles. The number of rotatable bonds is 3. The molecular formula is C21H18N2O3S. The fourth-order valence-corrected chi connectivity index (χ4v) is 3.94. The van der Waals surface area contributed by atoms with Gasteiger partial charge in [0.25, 0.3) is 5.91 Å². The van der Waals surface area contributed by atoms with E-state index < -0.39 is 5.97 Å². The molecule has 4 rings (SSSR count). The largest absolute Gasteiger partial charge is 0.465 e. The molecule has 2 heterocycles. The van der Waals surface area contributed by atoms with E-state index in [-0.39, 0.29) is 5.91 Å². The van der Waals surface area contributed by atoms with Gasteiger partial charge in [0, 0.05) is 28.7 Å². The lowest BCUT2D eigenvalue weighted by molar-refractivity contribution is 0.0600. The van der Waals surface area contributed by atoms with Gasteiger partial charge in [-0.05, 0) is 49.2 Å². The van der Waals surface area contributed by atoms with E-state index in [1.807, 2.05) is 24.4 Å². The highest BCUT2D eigenvalue weighted by molar-refractivity contribution is 7.09. The molecule has 0 bridgehead atoms. The van der Waals surface area contributed by atoms with Crippen LogP contribution in [0.15, 0.2) is 47.8 Å². The summed E-state index contributed by atoms with van der Waals surface area (Å²) in [5.74, 6) is -0.563. The van der Waals surface area contributed by atoms with Crippen molar-refractivity contribution in [3.8, 4) is 11.3 Å². The first-order valence-electron chi connectivity index (χ1n) is 8.62. The molecule has 1 amide bonds. The van der Waals surface area contributed by atoms with E-state index in [2.05, 4.69) is 11.1 Å². The van der Waals surface area contributed by atoms with Gasteiger partial charge >= 0.3 is 5.97 Å². The third-order valence-corrected chi connectivity index (χ3v) is 5.44. The van der Waals surface area contributed by atoms with Gasteiger partial charge in [0.15, 0.2) is 0 Å². The molecule has 0 saturated heterocycles. The second kappa shape index (κ2) is 6.96. The normalized spacial score (nSPS) is 12.7. The Morgan fingerprint density at radius 1 is 1.15 bits per heavy atom. The van der Waals surface area contributed by atoms with Gasteiger partial charge < -0.3 is 9.64 Å². The minimum atomic E-state index is -0.449. The van der Waals surface area contributed by atoms with Crippen molar-refractivity contribution in [3.63, 3.8) is 0 Å². The first kappa shape index (κ1) is 17.4. The number of hydrogen-bond acceptors (Lipinski definition) is 5. The lowest BCUT2D eigenvalue weighted by atomic mass is 10.1. The van der Waals surface area contributed by atoms with Gasteiger partial charge in [0.1, 0.15) is 0 Å². The maximum absolute atomic E-state index is 13.0. The molecule has 6 heteroatoms. The molecule has 27 heavy (non-hydrogen) atoms. The predicted octanol–water partition coefficient (Wildman–Crippen LogP) is 4.11. The summed E-state index contributed by atoms with van der Waals surface area (Å²) >= 11 is 1.63. The molecule has 0 saturated carbocycles. The third-order valence-electron chi connectivity index (χ3n) is 4.67. The van der Waals surface area contributed by atoms with E-state index in [0.717, 1.165) is 33.9 Å². The number of nitrogens with zero attached hydrogens (tertiary/aromatic N) is 2. The molecule has 3 aromatic rings. The SMILES string of the molecule is COC(=O)c1cccc(C(=O)N2CCc3cc(-c4csc(C)n4)ccc32)c1. The lowest BCUT2D eigenvalue weighted by Gasteiger charge is -2.18. The Balaban J connectivity index is 1.63. The number of fused-ring (bicyclic) bond motifs is 1. The molecule has 0 unspecified atom stereocenters. The summed E-state index contributed by atoms with van der Waals surface area (Å²) in [6.07, 6.45) is 0.800. The summed E-state index contributed by atoms with van der Waals surface area (Å²) in [6, 6.07) is 12.7. The molecular weight excluding hydrogens is 360 g/mol. The topological polar surface area (TPSA) is 59.5 Å². The first-order chi connectivity index (χ1) is 13.1. The quantitative estimate of drug-likeness (QED) is 0.644. The maximum atomic E-state index is 13.0. The zero-order valence-electron chi connectivity index (χ0n) is 15.1. The number of carbonyl (C=O) groups is 2. The third kappa shape index (κ3) is 3.24. The van der Waals surface area contributed by atoms with Crippen LogP contribution < -0.4 is 4.90 Å². The minimum Gasteiger partial charge on any atom is -0.465 e. The van der Waals surface area contributed by atoms with Crippen molar-refractivity contribution in [2.24, 2.45) is 0 Å². The van der Waals surface area contributed by atoms with Crippen LogP contribution in [0.25, 0.3) is 11.3 Å². The molecule has 136 valence electrons. The van der Waals surface area contributed by atoms with Gasteiger partial charge in [-0.3, -0.25) is 4.79 Å². The van der Waals surface area contributed by atoms with E-state index in [1.54, 1.807) is 40.5 Å². The van der Waals surface area contributed by atoms with Gasteiger partial charge in [-0.15, -0.1) is 11.3 Å². The second-order valence-corrected chi connectivity index (χ2v) is 7.44. The van der Waals surface area contributed by atoms with Gasteiger partial charge in [0.2, 0.25) is 0 Å². The highest BCUT2D eigenvalue weighted by Crippen LogP contribution is 2.33. The Hall–Kier alpha value is -2.99. The van der Waals surface area contributed by atoms with Crippen molar-refractivity contribution in [1.82, 2.24) is 4.98 Å². The molecule has 0 atom stereocenters. The number of hydrogen-bond donors (Lipinski definition) is 0. The molecule has 5 nitrogen and oxygen atoms in total. The van der Waals surface area contributed by atoms with Crippen LogP contribution in [0.5, 0.6) is 0 Å². The van der Waals surface area contributed by atoms with Crippen LogP contribution in [0.4, 0.5) is 5.69 Å². The smallest absolute Gasteiger partial charge is 0.337 e. The van der Waals surface area contributed by atoms with Crippen molar-refractivity contribution in [2.45, 2.75) is 13.3 Å². The number of esters is 1. The number of thiazole rings is 1. The van der Waals surface area contributed by atoms with Crippen molar-refractivity contribution < 1.29 is 14.3 Å². The van der Waals surface area contributed by atoms with Gasteiger partial charge in [-0.2, -0.15) is 0 Å². The number of aryl methyl sites for hydroxylation is 1. The van der Waals surface area contributed by atoms with E-state index in [0.29, 0.717) is 17.7 Å². The van der Waals surface area contributed by atoms with Crippen molar-refractivity contribution in [2.75, 3.05) is 18.6 Å². The van der Waals surface area contributed by atoms with Gasteiger partial charge in [-0.25, -0.2) is 9.78 Å². The second-order valence-electron chi connectivity index (χ2n) is 6.37. The van der Waals surface area contributed by atoms with E-state index in [9.17, 15) is 9.59 Å². The van der Waals surface area contributed by atoms with Crippen LogP contribution in [0, 0.1) is 6.92 Å². The van der Waals surface area contributed by atoms with Crippen LogP contribution in [0.3, 0.4) is 0 Å². The van der Waals surface area contributed by atoms with E-state index in [1.165, 1.54) is 7.11 Å². The summed E-state index contributed by atoms with van der Waals surface area (Å²) < 4.78 is 4.74. The Bertz CT molecular complexity index is 1040. The van der Waals surface area contributed by atoms with Crippen LogP contribution in [-0.2, 0) is 11.2 Å². The summed E-state index contributed by atoms with van der Waals surface area (Å²) in [6.45, 7) is 2.61. The monoisotopic (exact) mass is 378 g/mol. The summed E-state index contributed by atoms with van der Waals surface area (Å²) in [5, 5.41) is 3.08. The number of ether oxygens (including phenoxy) is 1. The summed E-state index contributed by atoms with van der Waals surface area (Å²) in [4.78, 5) is 31.0. The molecule has 1 aliphatic heterocycles. The Morgan fingerprint density at radius 3 is 2.70 bits per heavy atom.